The van der Waals surface area contributed by atoms with Gasteiger partial charge in [-0.3, -0.25) is 9.59 Å². The van der Waals surface area contributed by atoms with E-state index in [1.165, 1.54) is 0 Å². The third kappa shape index (κ3) is 2.23. The average molecular weight is 221 g/mol. The second-order valence-electron chi connectivity index (χ2n) is 4.68. The number of ketones is 1. The molecule has 3 heteroatoms. The van der Waals surface area contributed by atoms with Crippen molar-refractivity contribution in [2.24, 2.45) is 5.92 Å². The first-order valence-electron chi connectivity index (χ1n) is 5.62. The average Bonchev–Trinajstić information content (AvgIpc) is 2.16. The summed E-state index contributed by atoms with van der Waals surface area (Å²) in [6.07, 6.45) is 0. The van der Waals surface area contributed by atoms with E-state index in [9.17, 15) is 9.59 Å². The zero-order valence-electron chi connectivity index (χ0n) is 10.6. The number of hydrogen-bond acceptors (Lipinski definition) is 2. The van der Waals surface area contributed by atoms with Crippen LogP contribution in [-0.4, -0.2) is 10.4 Å². The molecular formula is C13H19NO2. The summed E-state index contributed by atoms with van der Waals surface area (Å²) in [6, 6.07) is 3.54. The molecule has 0 atom stereocenters. The van der Waals surface area contributed by atoms with Gasteiger partial charge in [-0.1, -0.05) is 13.8 Å². The quantitative estimate of drug-likeness (QED) is 0.736. The van der Waals surface area contributed by atoms with Crippen LogP contribution in [0.5, 0.6) is 0 Å². The van der Waals surface area contributed by atoms with E-state index in [1.807, 2.05) is 26.8 Å². The fourth-order valence-electron chi connectivity index (χ4n) is 1.79. The normalized spacial score (nSPS) is 11.2. The van der Waals surface area contributed by atoms with Crippen molar-refractivity contribution in [1.29, 1.82) is 0 Å². The van der Waals surface area contributed by atoms with Gasteiger partial charge in [0.05, 0.1) is 5.56 Å². The molecule has 3 nitrogen and oxygen atoms in total. The number of nitrogens with zero attached hydrogens (tertiary/aromatic N) is 1. The molecule has 0 radical (unpaired) electrons. The highest BCUT2D eigenvalue weighted by molar-refractivity contribution is 5.97. The molecule has 1 heterocycles. The molecule has 0 amide bonds. The second-order valence-corrected chi connectivity index (χ2v) is 4.68. The topological polar surface area (TPSA) is 39.1 Å². The summed E-state index contributed by atoms with van der Waals surface area (Å²) in [4.78, 5) is 24.0. The first kappa shape index (κ1) is 12.7. The number of carbonyl (C=O) groups is 1. The van der Waals surface area contributed by atoms with Crippen molar-refractivity contribution in [3.8, 4) is 0 Å². The van der Waals surface area contributed by atoms with Crippen LogP contribution >= 0.6 is 0 Å². The highest BCUT2D eigenvalue weighted by Crippen LogP contribution is 2.09. The lowest BCUT2D eigenvalue weighted by Crippen LogP contribution is -2.30. The molecule has 88 valence electrons. The zero-order chi connectivity index (χ0) is 12.5. The molecule has 0 spiro atoms. The van der Waals surface area contributed by atoms with Gasteiger partial charge < -0.3 is 4.57 Å². The standard InChI is InChI=1S/C13H19NO2/c1-8(2)12(15)11-7-6-10(5)14(9(3)4)13(11)16/h6-9H,1-5H3. The summed E-state index contributed by atoms with van der Waals surface area (Å²) < 4.78 is 1.66. The van der Waals surface area contributed by atoms with E-state index < -0.39 is 0 Å². The Morgan fingerprint density at radius 3 is 2.19 bits per heavy atom. The Labute approximate surface area is 96.1 Å². The van der Waals surface area contributed by atoms with E-state index in [2.05, 4.69) is 0 Å². The van der Waals surface area contributed by atoms with Gasteiger partial charge in [-0.15, -0.1) is 0 Å². The van der Waals surface area contributed by atoms with Crippen molar-refractivity contribution >= 4 is 5.78 Å². The molecule has 0 aliphatic rings. The van der Waals surface area contributed by atoms with Crippen molar-refractivity contribution < 1.29 is 4.79 Å². The van der Waals surface area contributed by atoms with Gasteiger partial charge in [-0.2, -0.15) is 0 Å². The Morgan fingerprint density at radius 2 is 1.75 bits per heavy atom. The van der Waals surface area contributed by atoms with Crippen LogP contribution in [0.25, 0.3) is 0 Å². The maximum atomic E-state index is 12.1. The van der Waals surface area contributed by atoms with Crippen LogP contribution in [0, 0.1) is 12.8 Å². The smallest absolute Gasteiger partial charge is 0.261 e. The van der Waals surface area contributed by atoms with Gasteiger partial charge in [0.1, 0.15) is 0 Å². The molecular weight excluding hydrogens is 202 g/mol. The van der Waals surface area contributed by atoms with Crippen LogP contribution in [0.3, 0.4) is 0 Å². The van der Waals surface area contributed by atoms with Gasteiger partial charge in [0.2, 0.25) is 0 Å². The molecule has 1 rings (SSSR count). The fraction of sp³-hybridized carbons (Fsp3) is 0.538. The lowest BCUT2D eigenvalue weighted by Gasteiger charge is -2.15. The number of rotatable bonds is 3. The molecule has 0 aliphatic heterocycles. The number of Topliss-reactive ketones (excluding diaryl/α,β-unsaturated/α-hetero) is 1. The van der Waals surface area contributed by atoms with Gasteiger partial charge >= 0.3 is 0 Å². The van der Waals surface area contributed by atoms with E-state index in [0.717, 1.165) is 5.69 Å². The molecule has 0 saturated heterocycles. The molecule has 0 saturated carbocycles. The predicted octanol–water partition coefficient (Wildman–Crippen LogP) is 2.58. The van der Waals surface area contributed by atoms with Crippen LogP contribution < -0.4 is 5.56 Å². The zero-order valence-corrected chi connectivity index (χ0v) is 10.6. The summed E-state index contributed by atoms with van der Waals surface area (Å²) in [6.45, 7) is 9.38. The predicted molar refractivity (Wildman–Crippen MR) is 65.0 cm³/mol. The van der Waals surface area contributed by atoms with E-state index >= 15 is 0 Å². The second kappa shape index (κ2) is 4.64. The van der Waals surface area contributed by atoms with Crippen LogP contribution in [-0.2, 0) is 0 Å². The van der Waals surface area contributed by atoms with Crippen LogP contribution in [0.1, 0.15) is 49.8 Å². The van der Waals surface area contributed by atoms with Crippen molar-refractivity contribution in [3.63, 3.8) is 0 Å². The number of pyridine rings is 1. The summed E-state index contributed by atoms with van der Waals surface area (Å²) >= 11 is 0. The van der Waals surface area contributed by atoms with Gasteiger partial charge in [-0.05, 0) is 32.9 Å². The Balaban J connectivity index is 3.41. The Bertz CT molecular complexity index is 455. The molecule has 0 N–H and O–H groups in total. The SMILES string of the molecule is Cc1ccc(C(=O)C(C)C)c(=O)n1C(C)C. The van der Waals surface area contributed by atoms with Crippen molar-refractivity contribution in [1.82, 2.24) is 4.57 Å². The maximum absolute atomic E-state index is 12.1. The highest BCUT2D eigenvalue weighted by Gasteiger charge is 2.17. The van der Waals surface area contributed by atoms with Gasteiger partial charge in [-0.25, -0.2) is 0 Å². The Morgan fingerprint density at radius 1 is 1.19 bits per heavy atom. The van der Waals surface area contributed by atoms with E-state index in [-0.39, 0.29) is 23.3 Å². The Hall–Kier alpha value is -1.38. The summed E-state index contributed by atoms with van der Waals surface area (Å²) in [5, 5.41) is 0. The first-order chi connectivity index (χ1) is 7.36. The van der Waals surface area contributed by atoms with Crippen molar-refractivity contribution in [2.75, 3.05) is 0 Å². The van der Waals surface area contributed by atoms with Crippen LogP contribution in [0.15, 0.2) is 16.9 Å². The van der Waals surface area contributed by atoms with E-state index in [0.29, 0.717) is 5.56 Å². The van der Waals surface area contributed by atoms with Crippen LogP contribution in [0.2, 0.25) is 0 Å². The molecule has 0 aromatic carbocycles. The largest absolute Gasteiger partial charge is 0.310 e. The Kier molecular flexibility index (Phi) is 3.68. The highest BCUT2D eigenvalue weighted by atomic mass is 16.1. The van der Waals surface area contributed by atoms with E-state index in [1.54, 1.807) is 24.5 Å². The molecule has 1 aromatic rings. The summed E-state index contributed by atoms with van der Waals surface area (Å²) in [7, 11) is 0. The minimum absolute atomic E-state index is 0.0763. The van der Waals surface area contributed by atoms with E-state index in [4.69, 9.17) is 0 Å². The molecule has 16 heavy (non-hydrogen) atoms. The van der Waals surface area contributed by atoms with Crippen molar-refractivity contribution in [3.05, 3.63) is 33.7 Å². The molecule has 0 bridgehead atoms. The molecule has 0 aliphatic carbocycles. The van der Waals surface area contributed by atoms with Gasteiger partial charge in [0.25, 0.3) is 5.56 Å². The molecule has 0 unspecified atom stereocenters. The third-order valence-corrected chi connectivity index (χ3v) is 2.63. The minimum Gasteiger partial charge on any atom is -0.310 e. The van der Waals surface area contributed by atoms with Crippen molar-refractivity contribution in [2.45, 2.75) is 40.7 Å². The number of carbonyl (C=O) groups excluding carboxylic acids is 1. The van der Waals surface area contributed by atoms with Crippen LogP contribution in [0.4, 0.5) is 0 Å². The number of aromatic nitrogens is 1. The lowest BCUT2D eigenvalue weighted by molar-refractivity contribution is 0.0937. The molecule has 0 fully saturated rings. The summed E-state index contributed by atoms with van der Waals surface area (Å²) in [5.41, 5.74) is 1.02. The van der Waals surface area contributed by atoms with Gasteiger partial charge in [0, 0.05) is 17.7 Å². The van der Waals surface area contributed by atoms with Gasteiger partial charge in [0.15, 0.2) is 5.78 Å². The monoisotopic (exact) mass is 221 g/mol. The fourth-order valence-corrected chi connectivity index (χ4v) is 1.79. The third-order valence-electron chi connectivity index (χ3n) is 2.63. The number of aryl methyl sites for hydroxylation is 1. The first-order valence-corrected chi connectivity index (χ1v) is 5.62. The summed E-state index contributed by atoms with van der Waals surface area (Å²) in [5.74, 6) is -0.226. The maximum Gasteiger partial charge on any atom is 0.261 e. The lowest BCUT2D eigenvalue weighted by atomic mass is 10.0. The molecule has 1 aromatic heterocycles. The minimum atomic E-state index is -0.172. The number of hydrogen-bond donors (Lipinski definition) is 0.